The number of hydrogen-bond donors (Lipinski definition) is 1. The Morgan fingerprint density at radius 2 is 2.21 bits per heavy atom. The third-order valence-electron chi connectivity index (χ3n) is 1.66. The average molecular weight is 191 g/mol. The van der Waals surface area contributed by atoms with E-state index >= 15 is 0 Å². The summed E-state index contributed by atoms with van der Waals surface area (Å²) in [4.78, 5) is 0. The van der Waals surface area contributed by atoms with Crippen LogP contribution in [0.1, 0.15) is 19.4 Å². The third kappa shape index (κ3) is 2.67. The molecule has 0 aromatic heterocycles. The molecule has 74 valence electrons. The average Bonchev–Trinajstić information content (AvgIpc) is 2.15. The summed E-state index contributed by atoms with van der Waals surface area (Å²) in [5.74, 6) is 0.952. The van der Waals surface area contributed by atoms with Gasteiger partial charge in [-0.2, -0.15) is 5.26 Å². The van der Waals surface area contributed by atoms with Crippen LogP contribution in [0.4, 0.5) is 0 Å². The van der Waals surface area contributed by atoms with Gasteiger partial charge in [-0.15, -0.1) is 0 Å². The minimum absolute atomic E-state index is 0.114. The van der Waals surface area contributed by atoms with Gasteiger partial charge in [0.2, 0.25) is 0 Å². The standard InChI is InChI=1S/C11H13NO2/c1-8(2)7-14-11-5-10(13)4-3-9(11)6-12/h3-5,8,13H,7H2,1-2H3. The van der Waals surface area contributed by atoms with E-state index < -0.39 is 0 Å². The highest BCUT2D eigenvalue weighted by atomic mass is 16.5. The zero-order chi connectivity index (χ0) is 10.6. The lowest BCUT2D eigenvalue weighted by Gasteiger charge is -2.09. The number of hydrogen-bond acceptors (Lipinski definition) is 3. The first kappa shape index (κ1) is 10.4. The van der Waals surface area contributed by atoms with Crippen molar-refractivity contribution in [3.05, 3.63) is 23.8 Å². The molecule has 0 aliphatic heterocycles. The van der Waals surface area contributed by atoms with E-state index in [1.807, 2.05) is 19.9 Å². The monoisotopic (exact) mass is 191 g/mol. The molecule has 0 aliphatic rings. The topological polar surface area (TPSA) is 53.2 Å². The summed E-state index contributed by atoms with van der Waals surface area (Å²) in [6.45, 7) is 4.59. The fraction of sp³-hybridized carbons (Fsp3) is 0.364. The van der Waals surface area contributed by atoms with Gasteiger partial charge in [-0.3, -0.25) is 0 Å². The highest BCUT2D eigenvalue weighted by Crippen LogP contribution is 2.23. The van der Waals surface area contributed by atoms with Crippen molar-refractivity contribution in [1.82, 2.24) is 0 Å². The van der Waals surface area contributed by atoms with Crippen LogP contribution in [0.15, 0.2) is 18.2 Å². The number of phenols is 1. The van der Waals surface area contributed by atoms with E-state index in [1.54, 1.807) is 6.07 Å². The lowest BCUT2D eigenvalue weighted by atomic mass is 10.2. The quantitative estimate of drug-likeness (QED) is 0.797. The number of benzene rings is 1. The van der Waals surface area contributed by atoms with Gasteiger partial charge in [0.1, 0.15) is 17.6 Å². The van der Waals surface area contributed by atoms with Gasteiger partial charge in [0.15, 0.2) is 0 Å². The Kier molecular flexibility index (Phi) is 3.35. The summed E-state index contributed by atoms with van der Waals surface area (Å²) in [7, 11) is 0. The number of nitrogens with zero attached hydrogens (tertiary/aromatic N) is 1. The molecule has 3 heteroatoms. The Hall–Kier alpha value is -1.69. The van der Waals surface area contributed by atoms with Gasteiger partial charge < -0.3 is 9.84 Å². The predicted molar refractivity (Wildman–Crippen MR) is 53.2 cm³/mol. The summed E-state index contributed by atoms with van der Waals surface area (Å²) in [6.07, 6.45) is 0. The summed E-state index contributed by atoms with van der Waals surface area (Å²) in [5, 5.41) is 18.0. The molecule has 0 amide bonds. The Morgan fingerprint density at radius 3 is 2.79 bits per heavy atom. The molecule has 3 nitrogen and oxygen atoms in total. The lowest BCUT2D eigenvalue weighted by Crippen LogP contribution is -2.05. The number of aromatic hydroxyl groups is 1. The highest BCUT2D eigenvalue weighted by Gasteiger charge is 2.05. The van der Waals surface area contributed by atoms with E-state index in [4.69, 9.17) is 10.00 Å². The van der Waals surface area contributed by atoms with Gasteiger partial charge in [-0.25, -0.2) is 0 Å². The number of nitriles is 1. The molecule has 0 spiro atoms. The van der Waals surface area contributed by atoms with Gasteiger partial charge in [0.05, 0.1) is 12.2 Å². The van der Waals surface area contributed by atoms with Crippen molar-refractivity contribution in [3.63, 3.8) is 0 Å². The van der Waals surface area contributed by atoms with Crippen molar-refractivity contribution in [2.24, 2.45) is 5.92 Å². The smallest absolute Gasteiger partial charge is 0.140 e. The molecule has 14 heavy (non-hydrogen) atoms. The summed E-state index contributed by atoms with van der Waals surface area (Å²) in [5.41, 5.74) is 0.448. The molecule has 0 bridgehead atoms. The van der Waals surface area contributed by atoms with Crippen molar-refractivity contribution in [2.75, 3.05) is 6.61 Å². The molecule has 0 unspecified atom stereocenters. The van der Waals surface area contributed by atoms with Crippen molar-refractivity contribution in [1.29, 1.82) is 5.26 Å². The molecule has 0 heterocycles. The molecule has 1 N–H and O–H groups in total. The van der Waals surface area contributed by atoms with Crippen LogP contribution in [-0.4, -0.2) is 11.7 Å². The Bertz CT molecular complexity index is 353. The second-order valence-electron chi connectivity index (χ2n) is 3.50. The van der Waals surface area contributed by atoms with Crippen LogP contribution in [0.25, 0.3) is 0 Å². The summed E-state index contributed by atoms with van der Waals surface area (Å²) >= 11 is 0. The van der Waals surface area contributed by atoms with Crippen molar-refractivity contribution in [2.45, 2.75) is 13.8 Å². The Labute approximate surface area is 83.6 Å². The van der Waals surface area contributed by atoms with Crippen molar-refractivity contribution in [3.8, 4) is 17.6 Å². The SMILES string of the molecule is CC(C)COc1cc(O)ccc1C#N. The Balaban J connectivity index is 2.84. The van der Waals surface area contributed by atoms with E-state index in [0.29, 0.717) is 23.8 Å². The molecular weight excluding hydrogens is 178 g/mol. The fourth-order valence-electron chi connectivity index (χ4n) is 0.979. The third-order valence-corrected chi connectivity index (χ3v) is 1.66. The lowest BCUT2D eigenvalue weighted by molar-refractivity contribution is 0.269. The second-order valence-corrected chi connectivity index (χ2v) is 3.50. The van der Waals surface area contributed by atoms with E-state index in [9.17, 15) is 5.11 Å². The first-order valence-corrected chi connectivity index (χ1v) is 4.49. The Morgan fingerprint density at radius 1 is 1.50 bits per heavy atom. The van der Waals surface area contributed by atoms with Gasteiger partial charge in [0.25, 0.3) is 0 Å². The van der Waals surface area contributed by atoms with E-state index in [1.165, 1.54) is 12.1 Å². The van der Waals surface area contributed by atoms with Crippen LogP contribution in [0, 0.1) is 17.2 Å². The minimum atomic E-state index is 0.114. The maximum Gasteiger partial charge on any atom is 0.140 e. The van der Waals surface area contributed by atoms with Gasteiger partial charge in [-0.05, 0) is 18.1 Å². The zero-order valence-corrected chi connectivity index (χ0v) is 8.32. The first-order valence-electron chi connectivity index (χ1n) is 4.49. The molecule has 1 rings (SSSR count). The molecule has 0 aliphatic carbocycles. The van der Waals surface area contributed by atoms with Gasteiger partial charge in [0, 0.05) is 6.07 Å². The normalized spacial score (nSPS) is 9.86. The molecular formula is C11H13NO2. The summed E-state index contributed by atoms with van der Waals surface area (Å²) < 4.78 is 5.39. The fourth-order valence-corrected chi connectivity index (χ4v) is 0.979. The van der Waals surface area contributed by atoms with Crippen LogP contribution in [0.5, 0.6) is 11.5 Å². The number of rotatable bonds is 3. The maximum absolute atomic E-state index is 9.21. The molecule has 0 fully saturated rings. The number of ether oxygens (including phenoxy) is 1. The van der Waals surface area contributed by atoms with Crippen LogP contribution in [-0.2, 0) is 0 Å². The van der Waals surface area contributed by atoms with Crippen molar-refractivity contribution < 1.29 is 9.84 Å². The molecule has 0 saturated heterocycles. The van der Waals surface area contributed by atoms with Crippen LogP contribution < -0.4 is 4.74 Å². The van der Waals surface area contributed by atoms with Crippen molar-refractivity contribution >= 4 is 0 Å². The van der Waals surface area contributed by atoms with Gasteiger partial charge in [-0.1, -0.05) is 13.8 Å². The summed E-state index contributed by atoms with van der Waals surface area (Å²) in [6, 6.07) is 6.49. The number of phenolic OH excluding ortho intramolecular Hbond substituents is 1. The predicted octanol–water partition coefficient (Wildman–Crippen LogP) is 2.30. The molecule has 1 aromatic carbocycles. The first-order chi connectivity index (χ1) is 6.63. The minimum Gasteiger partial charge on any atom is -0.508 e. The van der Waals surface area contributed by atoms with E-state index in [0.717, 1.165) is 0 Å². The molecule has 0 atom stereocenters. The second kappa shape index (κ2) is 4.52. The molecule has 0 radical (unpaired) electrons. The molecule has 0 saturated carbocycles. The van der Waals surface area contributed by atoms with Crippen LogP contribution in [0.3, 0.4) is 0 Å². The zero-order valence-electron chi connectivity index (χ0n) is 8.32. The largest absolute Gasteiger partial charge is 0.508 e. The van der Waals surface area contributed by atoms with E-state index in [-0.39, 0.29) is 5.75 Å². The van der Waals surface area contributed by atoms with Crippen LogP contribution in [0.2, 0.25) is 0 Å². The van der Waals surface area contributed by atoms with Crippen LogP contribution >= 0.6 is 0 Å². The van der Waals surface area contributed by atoms with E-state index in [2.05, 4.69) is 0 Å². The van der Waals surface area contributed by atoms with Gasteiger partial charge >= 0.3 is 0 Å². The molecule has 1 aromatic rings. The highest BCUT2D eigenvalue weighted by molar-refractivity contribution is 5.46. The maximum atomic E-state index is 9.21.